The van der Waals surface area contributed by atoms with E-state index in [9.17, 15) is 0 Å². The molecular weight excluding hydrogens is 344 g/mol. The summed E-state index contributed by atoms with van der Waals surface area (Å²) in [5, 5.41) is 1.46. The van der Waals surface area contributed by atoms with Crippen LogP contribution in [0.3, 0.4) is 0 Å². The molecule has 3 aromatic rings. The Morgan fingerprint density at radius 1 is 1.04 bits per heavy atom. The number of benzene rings is 1. The third kappa shape index (κ3) is 3.15. The minimum absolute atomic E-state index is 0.422. The molecule has 2 aromatic heterocycles. The maximum atomic E-state index is 4.26. The Bertz CT molecular complexity index is 969. The molecule has 1 saturated heterocycles. The van der Waals surface area contributed by atoms with Gasteiger partial charge in [0.2, 0.25) is 0 Å². The third-order valence-corrected chi connectivity index (χ3v) is 6.63. The predicted molar refractivity (Wildman–Crippen MR) is 114 cm³/mol. The number of likely N-dealkylation sites (tertiary alicyclic amines) is 1. The second-order valence-corrected chi connectivity index (χ2v) is 8.58. The summed E-state index contributed by atoms with van der Waals surface area (Å²) in [6.07, 6.45) is 7.66. The highest BCUT2D eigenvalue weighted by molar-refractivity contribution is 5.86. The van der Waals surface area contributed by atoms with Gasteiger partial charge in [0, 0.05) is 55.0 Å². The topological polar surface area (TPSA) is 24.3 Å². The highest BCUT2D eigenvalue weighted by atomic mass is 15.2. The van der Waals surface area contributed by atoms with Gasteiger partial charge in [-0.05, 0) is 75.3 Å². The summed E-state index contributed by atoms with van der Waals surface area (Å²) in [4.78, 5) is 9.39. The van der Waals surface area contributed by atoms with E-state index in [1.54, 1.807) is 11.3 Å². The Balaban J connectivity index is 1.61. The Morgan fingerprint density at radius 3 is 2.61 bits per heavy atom. The van der Waals surface area contributed by atoms with Crippen molar-refractivity contribution >= 4 is 10.9 Å². The van der Waals surface area contributed by atoms with E-state index in [1.165, 1.54) is 48.0 Å². The number of aromatic nitrogens is 2. The second kappa shape index (κ2) is 7.34. The zero-order valence-corrected chi connectivity index (χ0v) is 17.1. The van der Waals surface area contributed by atoms with E-state index in [2.05, 4.69) is 63.7 Å². The molecule has 2 aliphatic rings. The molecule has 0 aliphatic carbocycles. The molecule has 1 atom stereocenters. The lowest BCUT2D eigenvalue weighted by molar-refractivity contribution is 0.220. The van der Waals surface area contributed by atoms with Crippen molar-refractivity contribution in [1.29, 1.82) is 0 Å². The van der Waals surface area contributed by atoms with Crippen molar-refractivity contribution in [2.45, 2.75) is 45.3 Å². The largest absolute Gasteiger partial charge is 0.342 e. The Labute approximate surface area is 167 Å². The van der Waals surface area contributed by atoms with Crippen LogP contribution >= 0.6 is 0 Å². The van der Waals surface area contributed by atoms with Gasteiger partial charge in [-0.3, -0.25) is 9.88 Å². The van der Waals surface area contributed by atoms with Crippen molar-refractivity contribution in [3.05, 3.63) is 65.1 Å². The summed E-state index contributed by atoms with van der Waals surface area (Å²) in [5.41, 5.74) is 7.25. The Kier molecular flexibility index (Phi) is 4.69. The average molecular weight is 375 g/mol. The van der Waals surface area contributed by atoms with Crippen LogP contribution < -0.4 is 0 Å². The van der Waals surface area contributed by atoms with Gasteiger partial charge in [-0.25, -0.2) is 0 Å². The summed E-state index contributed by atoms with van der Waals surface area (Å²) >= 11 is 0. The van der Waals surface area contributed by atoms with E-state index < -0.39 is 0 Å². The third-order valence-electron chi connectivity index (χ3n) is 6.63. The molecule has 0 N–H and O–H groups in total. The van der Waals surface area contributed by atoms with E-state index >= 15 is 0 Å². The minimum atomic E-state index is 0.422. The van der Waals surface area contributed by atoms with Gasteiger partial charge in [0.25, 0.3) is 0 Å². The van der Waals surface area contributed by atoms with Crippen LogP contribution in [0.25, 0.3) is 10.9 Å². The fourth-order valence-electron chi connectivity index (χ4n) is 5.15. The number of aryl methyl sites for hydroxylation is 1. The average Bonchev–Trinajstić information content (AvgIpc) is 3.33. The summed E-state index contributed by atoms with van der Waals surface area (Å²) in [5.74, 6) is 0. The molecule has 1 unspecified atom stereocenters. The summed E-state index contributed by atoms with van der Waals surface area (Å²) in [7, 11) is 2.24. The summed E-state index contributed by atoms with van der Waals surface area (Å²) < 4.78 is 2.64. The molecular formula is C24H30N4. The lowest BCUT2D eigenvalue weighted by atomic mass is 10.0. The lowest BCUT2D eigenvalue weighted by Gasteiger charge is -2.30. The van der Waals surface area contributed by atoms with Crippen molar-refractivity contribution in [2.24, 2.45) is 0 Å². The van der Waals surface area contributed by atoms with Gasteiger partial charge in [-0.1, -0.05) is 11.6 Å². The zero-order valence-electron chi connectivity index (χ0n) is 17.1. The summed E-state index contributed by atoms with van der Waals surface area (Å²) in [6.45, 7) is 7.85. The number of fused-ring (bicyclic) bond motifs is 3. The SMILES string of the molecule is Cc1ccc2c(c1)c1c(n2CC(c2ccncc2)N2CCCC2)CCN(C)C1. The molecule has 1 fully saturated rings. The second-order valence-electron chi connectivity index (χ2n) is 8.58. The minimum Gasteiger partial charge on any atom is -0.342 e. The summed E-state index contributed by atoms with van der Waals surface area (Å²) in [6, 6.07) is 11.8. The maximum Gasteiger partial charge on any atom is 0.0528 e. The fourth-order valence-corrected chi connectivity index (χ4v) is 5.15. The van der Waals surface area contributed by atoms with Crippen LogP contribution in [0.2, 0.25) is 0 Å². The molecule has 146 valence electrons. The normalized spacial score (nSPS) is 19.2. The lowest BCUT2D eigenvalue weighted by Crippen LogP contribution is -2.31. The first kappa shape index (κ1) is 17.9. The van der Waals surface area contributed by atoms with Crippen molar-refractivity contribution in [2.75, 3.05) is 26.7 Å². The van der Waals surface area contributed by atoms with Crippen molar-refractivity contribution in [1.82, 2.24) is 19.4 Å². The van der Waals surface area contributed by atoms with Gasteiger partial charge in [0.05, 0.1) is 6.04 Å². The smallest absolute Gasteiger partial charge is 0.0528 e. The highest BCUT2D eigenvalue weighted by Gasteiger charge is 2.28. The van der Waals surface area contributed by atoms with Crippen molar-refractivity contribution < 1.29 is 0 Å². The Hall–Kier alpha value is -2.17. The molecule has 1 aromatic carbocycles. The zero-order chi connectivity index (χ0) is 19.1. The number of rotatable bonds is 4. The molecule has 0 saturated carbocycles. The van der Waals surface area contributed by atoms with Crippen LogP contribution in [0, 0.1) is 6.92 Å². The molecule has 0 bridgehead atoms. The molecule has 28 heavy (non-hydrogen) atoms. The standard InChI is InChI=1S/C24H30N4/c1-18-5-6-22-20(15-18)21-16-26(2)14-9-23(21)28(22)17-24(27-12-3-4-13-27)19-7-10-25-11-8-19/h5-8,10-11,15,24H,3-4,9,12-14,16-17H2,1-2H3. The highest BCUT2D eigenvalue weighted by Crippen LogP contribution is 2.35. The fraction of sp³-hybridized carbons (Fsp3) is 0.458. The molecule has 0 amide bonds. The number of hydrogen-bond acceptors (Lipinski definition) is 3. The van der Waals surface area contributed by atoms with Gasteiger partial charge in [-0.2, -0.15) is 0 Å². The van der Waals surface area contributed by atoms with Gasteiger partial charge < -0.3 is 9.47 Å². The van der Waals surface area contributed by atoms with E-state index in [4.69, 9.17) is 0 Å². The molecule has 0 radical (unpaired) electrons. The predicted octanol–water partition coefficient (Wildman–Crippen LogP) is 4.17. The quantitative estimate of drug-likeness (QED) is 0.685. The molecule has 4 nitrogen and oxygen atoms in total. The molecule has 4 heterocycles. The van der Waals surface area contributed by atoms with Crippen LogP contribution in [-0.2, 0) is 19.5 Å². The molecule has 5 rings (SSSR count). The van der Waals surface area contributed by atoms with Crippen LogP contribution in [0.15, 0.2) is 42.7 Å². The number of likely N-dealkylation sites (N-methyl/N-ethyl adjacent to an activating group) is 1. The van der Waals surface area contributed by atoms with Crippen LogP contribution in [0.4, 0.5) is 0 Å². The van der Waals surface area contributed by atoms with Crippen LogP contribution in [0.5, 0.6) is 0 Å². The van der Waals surface area contributed by atoms with E-state index in [-0.39, 0.29) is 0 Å². The van der Waals surface area contributed by atoms with Crippen LogP contribution in [-0.4, -0.2) is 46.0 Å². The first-order valence-electron chi connectivity index (χ1n) is 10.6. The van der Waals surface area contributed by atoms with Gasteiger partial charge in [-0.15, -0.1) is 0 Å². The van der Waals surface area contributed by atoms with E-state index in [0.717, 1.165) is 26.1 Å². The molecule has 0 spiro atoms. The van der Waals surface area contributed by atoms with Crippen LogP contribution in [0.1, 0.15) is 41.3 Å². The molecule has 4 heteroatoms. The first-order valence-corrected chi connectivity index (χ1v) is 10.6. The first-order chi connectivity index (χ1) is 13.7. The number of hydrogen-bond donors (Lipinski definition) is 0. The Morgan fingerprint density at radius 2 is 1.82 bits per heavy atom. The van der Waals surface area contributed by atoms with Gasteiger partial charge in [0.1, 0.15) is 0 Å². The van der Waals surface area contributed by atoms with Crippen molar-refractivity contribution in [3.63, 3.8) is 0 Å². The van der Waals surface area contributed by atoms with Gasteiger partial charge in [0.15, 0.2) is 0 Å². The maximum absolute atomic E-state index is 4.26. The van der Waals surface area contributed by atoms with Gasteiger partial charge >= 0.3 is 0 Å². The van der Waals surface area contributed by atoms with Crippen molar-refractivity contribution in [3.8, 4) is 0 Å². The van der Waals surface area contributed by atoms with E-state index in [0.29, 0.717) is 6.04 Å². The molecule has 2 aliphatic heterocycles. The number of pyridine rings is 1. The number of nitrogens with zero attached hydrogens (tertiary/aromatic N) is 4. The van der Waals surface area contributed by atoms with E-state index in [1.807, 2.05) is 12.4 Å². The monoisotopic (exact) mass is 374 g/mol.